The van der Waals surface area contributed by atoms with Gasteiger partial charge in [0.05, 0.1) is 36.2 Å². The van der Waals surface area contributed by atoms with Gasteiger partial charge >= 0.3 is 17.9 Å². The van der Waals surface area contributed by atoms with E-state index in [0.717, 1.165) is 25.3 Å². The van der Waals surface area contributed by atoms with Crippen LogP contribution in [0.25, 0.3) is 0 Å². The van der Waals surface area contributed by atoms with Gasteiger partial charge in [-0.15, -0.1) is 0 Å². The number of nitriles is 1. The maximum Gasteiger partial charge on any atom is 0.330 e. The maximum atomic E-state index is 11.7. The van der Waals surface area contributed by atoms with Crippen LogP contribution in [-0.4, -0.2) is 41.8 Å². The molecule has 5 unspecified atom stereocenters. The predicted octanol–water partition coefficient (Wildman–Crippen LogP) is 4.34. The van der Waals surface area contributed by atoms with Gasteiger partial charge in [0.15, 0.2) is 0 Å². The lowest BCUT2D eigenvalue weighted by atomic mass is 9.85. The molecule has 1 aliphatic carbocycles. The van der Waals surface area contributed by atoms with Crippen LogP contribution in [0, 0.1) is 29.1 Å². The van der Waals surface area contributed by atoms with E-state index in [1.165, 1.54) is 0 Å². The maximum absolute atomic E-state index is 11.7. The van der Waals surface area contributed by atoms with Crippen LogP contribution in [-0.2, 0) is 23.9 Å². The van der Waals surface area contributed by atoms with Crippen LogP contribution in [0.4, 0.5) is 0 Å². The first kappa shape index (κ1) is 29.9. The van der Waals surface area contributed by atoms with E-state index < -0.39 is 18.2 Å². The fourth-order valence-electron chi connectivity index (χ4n) is 3.16. The van der Waals surface area contributed by atoms with Crippen LogP contribution in [0.5, 0.6) is 5.75 Å². The summed E-state index contributed by atoms with van der Waals surface area (Å²) in [7, 11) is 0. The van der Waals surface area contributed by atoms with Crippen LogP contribution >= 0.6 is 0 Å². The summed E-state index contributed by atoms with van der Waals surface area (Å²) in [5, 5.41) is 18.6. The highest BCUT2D eigenvalue weighted by molar-refractivity contribution is 5.81. The number of hydrogen-bond acceptors (Lipinski definition) is 8. The normalized spacial score (nSPS) is 20.6. The number of hydrogen-bond donors (Lipinski definition) is 1. The number of aliphatic hydroxyl groups is 1. The van der Waals surface area contributed by atoms with Gasteiger partial charge in [0.1, 0.15) is 11.9 Å². The van der Waals surface area contributed by atoms with Crippen LogP contribution in [0.15, 0.2) is 36.9 Å². The average Bonchev–Trinajstić information content (AvgIpc) is 2.88. The molecule has 0 spiro atoms. The third kappa shape index (κ3) is 10.7. The Bertz CT molecular complexity index is 875. The van der Waals surface area contributed by atoms with Gasteiger partial charge in [-0.2, -0.15) is 5.26 Å². The van der Waals surface area contributed by atoms with Crippen LogP contribution in [0.3, 0.4) is 0 Å². The van der Waals surface area contributed by atoms with Crippen molar-refractivity contribution in [1.82, 2.24) is 0 Å². The highest BCUT2D eigenvalue weighted by atomic mass is 16.6. The summed E-state index contributed by atoms with van der Waals surface area (Å²) in [4.78, 5) is 34.1. The van der Waals surface area contributed by atoms with Crippen molar-refractivity contribution in [3.05, 3.63) is 42.5 Å². The minimum Gasteiger partial charge on any atom is -0.462 e. The van der Waals surface area contributed by atoms with Crippen molar-refractivity contribution in [2.24, 2.45) is 17.8 Å². The molecule has 0 bridgehead atoms. The van der Waals surface area contributed by atoms with E-state index in [4.69, 9.17) is 19.5 Å². The van der Waals surface area contributed by atoms with Crippen molar-refractivity contribution in [2.45, 2.75) is 72.0 Å². The van der Waals surface area contributed by atoms with Crippen molar-refractivity contribution in [2.75, 3.05) is 6.61 Å². The lowest BCUT2D eigenvalue weighted by Crippen LogP contribution is -2.39. The van der Waals surface area contributed by atoms with E-state index in [1.807, 2.05) is 33.8 Å². The molecule has 5 atom stereocenters. The Morgan fingerprint density at radius 1 is 1.11 bits per heavy atom. The van der Waals surface area contributed by atoms with Crippen molar-refractivity contribution in [3.63, 3.8) is 0 Å². The first-order valence-electron chi connectivity index (χ1n) is 12.0. The van der Waals surface area contributed by atoms with Crippen LogP contribution < -0.4 is 4.74 Å². The summed E-state index contributed by atoms with van der Waals surface area (Å²) in [5.74, 6) is -0.596. The molecule has 8 nitrogen and oxygen atoms in total. The quantitative estimate of drug-likeness (QED) is 0.310. The molecule has 0 heterocycles. The van der Waals surface area contributed by atoms with Gasteiger partial charge in [-0.05, 0) is 62.3 Å². The van der Waals surface area contributed by atoms with Gasteiger partial charge < -0.3 is 19.3 Å². The van der Waals surface area contributed by atoms with E-state index in [-0.39, 0.29) is 36.3 Å². The molecule has 1 saturated carbocycles. The fraction of sp³-hybridized carbons (Fsp3) is 0.556. The Balaban J connectivity index is 0.000000365. The number of nitrogens with zero attached hydrogens (tertiary/aromatic N) is 1. The number of ether oxygens (including phenoxy) is 3. The molecule has 0 saturated heterocycles. The Morgan fingerprint density at radius 3 is 2.23 bits per heavy atom. The van der Waals surface area contributed by atoms with Gasteiger partial charge in [-0.25, -0.2) is 4.79 Å². The summed E-state index contributed by atoms with van der Waals surface area (Å²) < 4.78 is 15.4. The second kappa shape index (κ2) is 15.7. The fourth-order valence-corrected chi connectivity index (χ4v) is 3.16. The molecule has 1 N–H and O–H groups in total. The molecule has 1 aliphatic rings. The molecule has 35 heavy (non-hydrogen) atoms. The number of aliphatic hydroxyl groups excluding tert-OH is 1. The van der Waals surface area contributed by atoms with Crippen molar-refractivity contribution >= 4 is 17.9 Å². The minimum absolute atomic E-state index is 0.0966. The first-order chi connectivity index (χ1) is 16.6. The van der Waals surface area contributed by atoms with Crippen LogP contribution in [0.2, 0.25) is 0 Å². The summed E-state index contributed by atoms with van der Waals surface area (Å²) in [6, 6.07) is 8.50. The smallest absolute Gasteiger partial charge is 0.330 e. The molecule has 1 aromatic rings. The second-order valence-corrected chi connectivity index (χ2v) is 8.73. The molecular formula is C27H37NO7. The molecule has 192 valence electrons. The lowest BCUT2D eigenvalue weighted by molar-refractivity contribution is -0.164. The van der Waals surface area contributed by atoms with Crippen molar-refractivity contribution in [1.29, 1.82) is 5.26 Å². The molecule has 2 rings (SSSR count). The zero-order chi connectivity index (χ0) is 26.4. The van der Waals surface area contributed by atoms with E-state index in [1.54, 1.807) is 24.3 Å². The zero-order valence-electron chi connectivity index (χ0n) is 21.1. The Morgan fingerprint density at radius 2 is 1.71 bits per heavy atom. The number of benzene rings is 1. The largest absolute Gasteiger partial charge is 0.462 e. The molecule has 0 amide bonds. The third-order valence-electron chi connectivity index (χ3n) is 5.99. The Kier molecular flexibility index (Phi) is 13.4. The van der Waals surface area contributed by atoms with E-state index in [9.17, 15) is 19.5 Å². The van der Waals surface area contributed by atoms with Gasteiger partial charge in [-0.1, -0.05) is 34.3 Å². The number of carbonyl (C=O) groups is 3. The van der Waals surface area contributed by atoms with Gasteiger partial charge in [0, 0.05) is 6.08 Å². The minimum atomic E-state index is -0.691. The van der Waals surface area contributed by atoms with Gasteiger partial charge in [0.2, 0.25) is 0 Å². The third-order valence-corrected chi connectivity index (χ3v) is 5.99. The van der Waals surface area contributed by atoms with E-state index in [0.29, 0.717) is 24.2 Å². The van der Waals surface area contributed by atoms with E-state index >= 15 is 0 Å². The second-order valence-electron chi connectivity index (χ2n) is 8.73. The predicted molar refractivity (Wildman–Crippen MR) is 130 cm³/mol. The molecule has 0 radical (unpaired) electrons. The number of rotatable bonds is 9. The van der Waals surface area contributed by atoms with Crippen LogP contribution in [0.1, 0.15) is 65.4 Å². The SMILES string of the molecule is C=CC(=O)OCC1CCC(OC(=O)C(C)CC)C(O)C1.CCC(C)C(=O)Oc1ccc(C#N)cc1. The molecule has 0 aromatic heterocycles. The molecule has 1 fully saturated rings. The summed E-state index contributed by atoms with van der Waals surface area (Å²) in [6.07, 6.45) is 3.31. The Labute approximate surface area is 207 Å². The monoisotopic (exact) mass is 487 g/mol. The number of esters is 3. The topological polar surface area (TPSA) is 123 Å². The van der Waals surface area contributed by atoms with E-state index in [2.05, 4.69) is 6.58 Å². The molecule has 0 aliphatic heterocycles. The average molecular weight is 488 g/mol. The highest BCUT2D eigenvalue weighted by Gasteiger charge is 2.33. The first-order valence-corrected chi connectivity index (χ1v) is 12.0. The lowest BCUT2D eigenvalue weighted by Gasteiger charge is -2.32. The van der Waals surface area contributed by atoms with Crippen molar-refractivity contribution < 1.29 is 33.7 Å². The number of carbonyl (C=O) groups excluding carboxylic acids is 3. The molecule has 1 aromatic carbocycles. The standard InChI is InChI=1S/C15H24O5.C12H13NO2/c1-4-10(3)15(18)20-13-7-6-11(8-12(13)16)9-19-14(17)5-2;1-3-9(2)12(14)15-11-6-4-10(8-13)5-7-11/h5,10-13,16H,2,4,6-9H2,1,3H3;4-7,9H,3H2,1-2H3. The Hall–Kier alpha value is -3.18. The highest BCUT2D eigenvalue weighted by Crippen LogP contribution is 2.28. The summed E-state index contributed by atoms with van der Waals surface area (Å²) in [5.41, 5.74) is 0.554. The van der Waals surface area contributed by atoms with Gasteiger partial charge in [0.25, 0.3) is 0 Å². The molecule has 8 heteroatoms. The molecular weight excluding hydrogens is 450 g/mol. The van der Waals surface area contributed by atoms with Gasteiger partial charge in [-0.3, -0.25) is 9.59 Å². The summed E-state index contributed by atoms with van der Waals surface area (Å²) >= 11 is 0. The summed E-state index contributed by atoms with van der Waals surface area (Å²) in [6.45, 7) is 11.1. The zero-order valence-corrected chi connectivity index (χ0v) is 21.1. The van der Waals surface area contributed by atoms with Crippen molar-refractivity contribution in [3.8, 4) is 11.8 Å².